The Labute approximate surface area is 192 Å². The molecule has 0 spiro atoms. The highest BCUT2D eigenvalue weighted by Gasteiger charge is 2.43. The van der Waals surface area contributed by atoms with Gasteiger partial charge in [0.25, 0.3) is 0 Å². The van der Waals surface area contributed by atoms with Gasteiger partial charge in [0, 0.05) is 17.7 Å². The van der Waals surface area contributed by atoms with Gasteiger partial charge in [0.1, 0.15) is 12.4 Å². The smallest absolute Gasteiger partial charge is 0.333 e. The van der Waals surface area contributed by atoms with Gasteiger partial charge in [0.15, 0.2) is 5.54 Å². The van der Waals surface area contributed by atoms with Crippen molar-refractivity contribution >= 4 is 18.0 Å². The molecular weight excluding hydrogens is 414 g/mol. The van der Waals surface area contributed by atoms with Gasteiger partial charge < -0.3 is 20.9 Å². The third-order valence-electron chi connectivity index (χ3n) is 5.38. The molecule has 0 radical (unpaired) electrons. The van der Waals surface area contributed by atoms with E-state index in [1.807, 2.05) is 84.9 Å². The summed E-state index contributed by atoms with van der Waals surface area (Å²) in [6.45, 7) is 0.485. The van der Waals surface area contributed by atoms with Crippen molar-refractivity contribution in [2.45, 2.75) is 18.6 Å². The molecule has 6 heteroatoms. The molecule has 0 aromatic heterocycles. The van der Waals surface area contributed by atoms with Crippen LogP contribution >= 0.6 is 0 Å². The number of nitrogens with zero attached hydrogens (tertiary/aromatic N) is 1. The number of carboxylic acids is 1. The molecule has 33 heavy (non-hydrogen) atoms. The van der Waals surface area contributed by atoms with E-state index in [1.165, 1.54) is 6.34 Å². The van der Waals surface area contributed by atoms with Crippen molar-refractivity contribution < 1.29 is 14.6 Å². The third kappa shape index (κ3) is 5.30. The minimum atomic E-state index is -1.14. The van der Waals surface area contributed by atoms with E-state index in [0.717, 1.165) is 22.4 Å². The number of benzene rings is 3. The molecule has 1 unspecified atom stereocenters. The Morgan fingerprint density at radius 3 is 2.15 bits per heavy atom. The zero-order chi connectivity index (χ0) is 23.1. The van der Waals surface area contributed by atoms with Crippen molar-refractivity contribution in [2.75, 3.05) is 0 Å². The first-order valence-corrected chi connectivity index (χ1v) is 10.6. The second-order valence-electron chi connectivity index (χ2n) is 7.77. The maximum atomic E-state index is 11.9. The van der Waals surface area contributed by atoms with Crippen LogP contribution < -0.4 is 15.8 Å². The Kier molecular flexibility index (Phi) is 6.55. The van der Waals surface area contributed by atoms with Crippen LogP contribution in [0.2, 0.25) is 0 Å². The summed E-state index contributed by atoms with van der Waals surface area (Å²) in [6, 6.07) is 27.0. The molecule has 3 aromatic carbocycles. The minimum absolute atomic E-state index is 0.351. The van der Waals surface area contributed by atoms with Crippen LogP contribution in [0.4, 0.5) is 0 Å². The minimum Gasteiger partial charge on any atom is -0.489 e. The molecule has 4 rings (SSSR count). The molecule has 166 valence electrons. The quantitative estimate of drug-likeness (QED) is 0.344. The molecule has 0 saturated heterocycles. The van der Waals surface area contributed by atoms with Crippen molar-refractivity contribution in [1.82, 2.24) is 5.32 Å². The molecule has 1 aliphatic heterocycles. The fraction of sp³-hybridized carbons (Fsp3) is 0.111. The van der Waals surface area contributed by atoms with E-state index >= 15 is 0 Å². The number of nitrogens with one attached hydrogen (secondary N) is 1. The number of aliphatic imine (C=N–C) groups is 1. The molecule has 6 nitrogen and oxygen atoms in total. The first-order chi connectivity index (χ1) is 16.1. The molecule has 1 atom stereocenters. The van der Waals surface area contributed by atoms with Gasteiger partial charge in [0.05, 0.1) is 12.0 Å². The van der Waals surface area contributed by atoms with Crippen molar-refractivity contribution in [1.29, 1.82) is 0 Å². The van der Waals surface area contributed by atoms with E-state index in [1.54, 1.807) is 12.2 Å². The summed E-state index contributed by atoms with van der Waals surface area (Å²) in [5, 5.41) is 12.9. The second-order valence-corrected chi connectivity index (χ2v) is 7.77. The van der Waals surface area contributed by atoms with Crippen LogP contribution in [0.1, 0.15) is 16.7 Å². The van der Waals surface area contributed by atoms with E-state index in [0.29, 0.717) is 24.4 Å². The maximum absolute atomic E-state index is 11.9. The van der Waals surface area contributed by atoms with Crippen LogP contribution in [0.5, 0.6) is 5.75 Å². The normalized spacial score (nSPS) is 17.7. The molecule has 0 aliphatic carbocycles. The fourth-order valence-electron chi connectivity index (χ4n) is 3.68. The van der Waals surface area contributed by atoms with Gasteiger partial charge in [-0.1, -0.05) is 60.7 Å². The molecule has 0 saturated carbocycles. The average molecular weight is 440 g/mol. The number of allylic oxidation sites excluding steroid dienone is 1. The molecule has 0 amide bonds. The summed E-state index contributed by atoms with van der Waals surface area (Å²) < 4.78 is 5.84. The lowest BCUT2D eigenvalue weighted by molar-refractivity contribution is -0.143. The zero-order valence-electron chi connectivity index (χ0n) is 18.0. The lowest BCUT2D eigenvalue weighted by Crippen LogP contribution is -2.58. The summed E-state index contributed by atoms with van der Waals surface area (Å²) in [6.07, 6.45) is 5.07. The SMILES string of the molecule is NC=N/C(=C\C1=CC(Cc2ccccc2)(C(=O)O)N1)c1ccc(OCc2ccccc2)cc1. The number of carboxylic acid groups (broad SMARTS) is 1. The first-order valence-electron chi connectivity index (χ1n) is 10.6. The molecule has 1 heterocycles. The lowest BCUT2D eigenvalue weighted by atomic mass is 9.84. The van der Waals surface area contributed by atoms with Gasteiger partial charge in [-0.3, -0.25) is 0 Å². The van der Waals surface area contributed by atoms with Crippen LogP contribution in [0.15, 0.2) is 108 Å². The summed E-state index contributed by atoms with van der Waals surface area (Å²) in [5.74, 6) is -0.181. The molecule has 1 aliphatic rings. The predicted octanol–water partition coefficient (Wildman–Crippen LogP) is 4.15. The number of rotatable bonds is 9. The third-order valence-corrected chi connectivity index (χ3v) is 5.38. The average Bonchev–Trinajstić information content (AvgIpc) is 2.82. The molecule has 3 aromatic rings. The van der Waals surface area contributed by atoms with Crippen LogP contribution in [0.25, 0.3) is 5.70 Å². The van der Waals surface area contributed by atoms with E-state index < -0.39 is 11.5 Å². The zero-order valence-corrected chi connectivity index (χ0v) is 18.0. The standard InChI is InChI=1S/C27H25N3O3/c28-19-29-25(22-11-13-24(14-12-22)33-18-21-9-5-2-6-10-21)15-23-17-27(30-23,26(31)32)16-20-7-3-1-4-8-20/h1-15,17,19,30H,16,18H2,(H2,28,29)(H,31,32)/b25-15-. The highest BCUT2D eigenvalue weighted by atomic mass is 16.5. The van der Waals surface area contributed by atoms with Gasteiger partial charge in [-0.2, -0.15) is 0 Å². The number of hydrogen-bond acceptors (Lipinski definition) is 4. The number of hydrogen-bond donors (Lipinski definition) is 3. The van der Waals surface area contributed by atoms with E-state index in [2.05, 4.69) is 10.3 Å². The van der Waals surface area contributed by atoms with Crippen LogP contribution in [-0.2, 0) is 17.8 Å². The second kappa shape index (κ2) is 9.87. The van der Waals surface area contributed by atoms with Crippen LogP contribution in [0.3, 0.4) is 0 Å². The first kappa shape index (κ1) is 21.9. The number of ether oxygens (including phenoxy) is 1. The summed E-state index contributed by atoms with van der Waals surface area (Å²) in [4.78, 5) is 16.2. The Bertz CT molecular complexity index is 1190. The predicted molar refractivity (Wildman–Crippen MR) is 130 cm³/mol. The van der Waals surface area contributed by atoms with Gasteiger partial charge in [-0.05, 0) is 47.5 Å². The Morgan fingerprint density at radius 1 is 0.970 bits per heavy atom. The molecule has 4 N–H and O–H groups in total. The van der Waals surface area contributed by atoms with Crippen LogP contribution in [0, 0.1) is 0 Å². The van der Waals surface area contributed by atoms with E-state index in [9.17, 15) is 9.90 Å². The topological polar surface area (TPSA) is 96.9 Å². The highest BCUT2D eigenvalue weighted by molar-refractivity contribution is 5.86. The fourth-order valence-corrected chi connectivity index (χ4v) is 3.68. The Morgan fingerprint density at radius 2 is 1.58 bits per heavy atom. The molecule has 0 bridgehead atoms. The molecular formula is C27H25N3O3. The van der Waals surface area contributed by atoms with Crippen molar-refractivity contribution in [3.63, 3.8) is 0 Å². The Balaban J connectivity index is 1.49. The number of aliphatic carboxylic acids is 1. The number of carbonyl (C=O) groups is 1. The highest BCUT2D eigenvalue weighted by Crippen LogP contribution is 2.29. The van der Waals surface area contributed by atoms with Gasteiger partial charge >= 0.3 is 5.97 Å². The maximum Gasteiger partial charge on any atom is 0.333 e. The lowest BCUT2D eigenvalue weighted by Gasteiger charge is -2.37. The molecule has 0 fully saturated rings. The van der Waals surface area contributed by atoms with Crippen molar-refractivity contribution in [3.05, 3.63) is 119 Å². The van der Waals surface area contributed by atoms with E-state index in [4.69, 9.17) is 10.5 Å². The van der Waals surface area contributed by atoms with Gasteiger partial charge in [-0.25, -0.2) is 9.79 Å². The van der Waals surface area contributed by atoms with Gasteiger partial charge in [0.2, 0.25) is 0 Å². The summed E-state index contributed by atoms with van der Waals surface area (Å²) >= 11 is 0. The summed E-state index contributed by atoms with van der Waals surface area (Å²) in [7, 11) is 0. The van der Waals surface area contributed by atoms with Crippen LogP contribution in [-0.4, -0.2) is 23.0 Å². The number of nitrogens with two attached hydrogens (primary N) is 1. The van der Waals surface area contributed by atoms with E-state index in [-0.39, 0.29) is 0 Å². The Hall–Kier alpha value is -4.32. The largest absolute Gasteiger partial charge is 0.489 e. The summed E-state index contributed by atoms with van der Waals surface area (Å²) in [5.41, 5.74) is 8.58. The monoisotopic (exact) mass is 439 g/mol. The van der Waals surface area contributed by atoms with Crippen molar-refractivity contribution in [3.8, 4) is 5.75 Å². The van der Waals surface area contributed by atoms with Crippen molar-refractivity contribution in [2.24, 2.45) is 10.7 Å². The van der Waals surface area contributed by atoms with Gasteiger partial charge in [-0.15, -0.1) is 0 Å².